The average molecular weight is 276 g/mol. The number of nitrogens with one attached hydrogen (secondary N) is 1. The van der Waals surface area contributed by atoms with Gasteiger partial charge in [0.15, 0.2) is 4.77 Å². The summed E-state index contributed by atoms with van der Waals surface area (Å²) in [5.41, 5.74) is 5.75. The standard InChI is InChI=1S/C12H12N4O2S/c1-7(8-5-3-2-4-6-8)16-10(13)9(15-18)11(17)14-12(16)19/h2-7H,13H2,1H3,(H,14,17,19). The van der Waals surface area contributed by atoms with Gasteiger partial charge in [0.2, 0.25) is 5.69 Å². The predicted molar refractivity (Wildman–Crippen MR) is 76.0 cm³/mol. The van der Waals surface area contributed by atoms with Crippen molar-refractivity contribution in [3.63, 3.8) is 0 Å². The molecule has 1 aromatic heterocycles. The zero-order valence-electron chi connectivity index (χ0n) is 10.2. The first-order chi connectivity index (χ1) is 9.06. The van der Waals surface area contributed by atoms with E-state index in [4.69, 9.17) is 18.0 Å². The van der Waals surface area contributed by atoms with Crippen molar-refractivity contribution in [2.24, 2.45) is 5.18 Å². The molecule has 6 nitrogen and oxygen atoms in total. The third-order valence-electron chi connectivity index (χ3n) is 2.92. The number of rotatable bonds is 3. The molecule has 0 saturated heterocycles. The van der Waals surface area contributed by atoms with Gasteiger partial charge in [-0.1, -0.05) is 30.3 Å². The van der Waals surface area contributed by atoms with Crippen molar-refractivity contribution in [3.8, 4) is 0 Å². The summed E-state index contributed by atoms with van der Waals surface area (Å²) in [6.45, 7) is 1.87. The Hall–Kier alpha value is -2.28. The van der Waals surface area contributed by atoms with Gasteiger partial charge in [-0.2, -0.15) is 0 Å². The quantitative estimate of drug-likeness (QED) is 0.665. The van der Waals surface area contributed by atoms with Gasteiger partial charge in [-0.25, -0.2) is 0 Å². The first-order valence-electron chi connectivity index (χ1n) is 5.59. The van der Waals surface area contributed by atoms with Crippen LogP contribution in [0.25, 0.3) is 0 Å². The van der Waals surface area contributed by atoms with Crippen LogP contribution in [0.15, 0.2) is 40.3 Å². The highest BCUT2D eigenvalue weighted by Crippen LogP contribution is 2.24. The van der Waals surface area contributed by atoms with Crippen LogP contribution in [0, 0.1) is 9.68 Å². The van der Waals surface area contributed by atoms with E-state index in [1.54, 1.807) is 0 Å². The SMILES string of the molecule is CC(c1ccccc1)n1c(N)c(N=O)c(=O)[nH]c1=S. The number of nitrogens with zero attached hydrogens (tertiary/aromatic N) is 2. The highest BCUT2D eigenvalue weighted by molar-refractivity contribution is 7.71. The summed E-state index contributed by atoms with van der Waals surface area (Å²) in [7, 11) is 0. The maximum atomic E-state index is 11.5. The zero-order valence-corrected chi connectivity index (χ0v) is 11.0. The molecule has 0 saturated carbocycles. The first-order valence-corrected chi connectivity index (χ1v) is 5.99. The number of hydrogen-bond donors (Lipinski definition) is 2. The van der Waals surface area contributed by atoms with Gasteiger partial charge in [0.05, 0.1) is 6.04 Å². The van der Waals surface area contributed by atoms with Crippen molar-refractivity contribution in [2.45, 2.75) is 13.0 Å². The molecular formula is C12H12N4O2S. The molecule has 0 aliphatic carbocycles. The summed E-state index contributed by atoms with van der Waals surface area (Å²) >= 11 is 5.09. The number of anilines is 1. The summed E-state index contributed by atoms with van der Waals surface area (Å²) in [5.74, 6) is -0.0277. The Balaban J connectivity index is 2.67. The second kappa shape index (κ2) is 5.15. The van der Waals surface area contributed by atoms with E-state index in [9.17, 15) is 9.70 Å². The molecule has 0 bridgehead atoms. The zero-order chi connectivity index (χ0) is 14.0. The number of nitrogen functional groups attached to an aromatic ring is 1. The number of H-pyrrole nitrogens is 1. The molecule has 2 rings (SSSR count). The Labute approximate surface area is 113 Å². The lowest BCUT2D eigenvalue weighted by molar-refractivity contribution is 0.620. The molecule has 0 amide bonds. The molecule has 1 aromatic carbocycles. The minimum Gasteiger partial charge on any atom is -0.383 e. The monoisotopic (exact) mass is 276 g/mol. The highest BCUT2D eigenvalue weighted by Gasteiger charge is 2.16. The van der Waals surface area contributed by atoms with Crippen LogP contribution in [0.4, 0.5) is 11.5 Å². The number of benzene rings is 1. The maximum Gasteiger partial charge on any atom is 0.283 e. The largest absolute Gasteiger partial charge is 0.383 e. The van der Waals surface area contributed by atoms with Crippen molar-refractivity contribution in [2.75, 3.05) is 5.73 Å². The lowest BCUT2D eigenvalue weighted by Gasteiger charge is -2.19. The predicted octanol–water partition coefficient (Wildman–Crippen LogP) is 2.50. The van der Waals surface area contributed by atoms with Crippen molar-refractivity contribution in [1.29, 1.82) is 0 Å². The summed E-state index contributed by atoms with van der Waals surface area (Å²) in [5, 5.41) is 2.66. The van der Waals surface area contributed by atoms with Crippen LogP contribution < -0.4 is 11.3 Å². The van der Waals surface area contributed by atoms with E-state index in [0.29, 0.717) is 0 Å². The van der Waals surface area contributed by atoms with Gasteiger partial charge in [-0.05, 0) is 29.9 Å². The van der Waals surface area contributed by atoms with E-state index in [-0.39, 0.29) is 22.3 Å². The van der Waals surface area contributed by atoms with E-state index in [1.807, 2.05) is 37.3 Å². The van der Waals surface area contributed by atoms with Gasteiger partial charge in [0.25, 0.3) is 5.56 Å². The van der Waals surface area contributed by atoms with Crippen molar-refractivity contribution in [1.82, 2.24) is 9.55 Å². The van der Waals surface area contributed by atoms with Crippen LogP contribution in [-0.2, 0) is 0 Å². The third-order valence-corrected chi connectivity index (χ3v) is 3.22. The van der Waals surface area contributed by atoms with Gasteiger partial charge in [0, 0.05) is 0 Å². The summed E-state index contributed by atoms with van der Waals surface area (Å²) in [6, 6.07) is 9.26. The van der Waals surface area contributed by atoms with Crippen LogP contribution in [0.3, 0.4) is 0 Å². The number of nitroso groups, excluding NO2 is 1. The van der Waals surface area contributed by atoms with Crippen molar-refractivity contribution >= 4 is 23.7 Å². The van der Waals surface area contributed by atoms with Crippen molar-refractivity contribution in [3.05, 3.63) is 55.9 Å². The van der Waals surface area contributed by atoms with Crippen LogP contribution in [0.2, 0.25) is 0 Å². The fraction of sp³-hybridized carbons (Fsp3) is 0.167. The smallest absolute Gasteiger partial charge is 0.283 e. The second-order valence-electron chi connectivity index (χ2n) is 4.04. The van der Waals surface area contributed by atoms with E-state index in [2.05, 4.69) is 10.2 Å². The lowest BCUT2D eigenvalue weighted by Crippen LogP contribution is -2.20. The van der Waals surface area contributed by atoms with Gasteiger partial charge >= 0.3 is 0 Å². The fourth-order valence-electron chi connectivity index (χ4n) is 1.91. The van der Waals surface area contributed by atoms with Gasteiger partial charge in [-0.15, -0.1) is 4.91 Å². The minimum atomic E-state index is -0.672. The summed E-state index contributed by atoms with van der Waals surface area (Å²) in [4.78, 5) is 24.6. The van der Waals surface area contributed by atoms with E-state index < -0.39 is 5.56 Å². The molecular weight excluding hydrogens is 264 g/mol. The third kappa shape index (κ3) is 2.32. The van der Waals surface area contributed by atoms with Gasteiger partial charge in [0.1, 0.15) is 5.82 Å². The number of nitrogens with two attached hydrogens (primary N) is 1. The van der Waals surface area contributed by atoms with Crippen LogP contribution in [0.5, 0.6) is 0 Å². The number of aromatic amines is 1. The molecule has 1 atom stereocenters. The van der Waals surface area contributed by atoms with E-state index in [1.165, 1.54) is 4.57 Å². The van der Waals surface area contributed by atoms with Crippen LogP contribution in [0.1, 0.15) is 18.5 Å². The average Bonchev–Trinajstić information content (AvgIpc) is 2.39. The Morgan fingerprint density at radius 2 is 2.00 bits per heavy atom. The molecule has 1 heterocycles. The Morgan fingerprint density at radius 1 is 1.37 bits per heavy atom. The highest BCUT2D eigenvalue weighted by atomic mass is 32.1. The summed E-state index contributed by atoms with van der Waals surface area (Å²) < 4.78 is 1.66. The lowest BCUT2D eigenvalue weighted by atomic mass is 10.1. The molecule has 0 radical (unpaired) electrons. The topological polar surface area (TPSA) is 93.2 Å². The molecule has 2 aromatic rings. The molecule has 1 unspecified atom stereocenters. The first kappa shape index (κ1) is 13.2. The fourth-order valence-corrected chi connectivity index (χ4v) is 2.26. The molecule has 3 N–H and O–H groups in total. The number of hydrogen-bond acceptors (Lipinski definition) is 5. The van der Waals surface area contributed by atoms with Crippen LogP contribution >= 0.6 is 12.2 Å². The molecule has 0 spiro atoms. The minimum absolute atomic E-state index is 0.0277. The maximum absolute atomic E-state index is 11.5. The normalized spacial score (nSPS) is 12.1. The van der Waals surface area contributed by atoms with Gasteiger partial charge < -0.3 is 5.73 Å². The molecule has 0 aliphatic rings. The van der Waals surface area contributed by atoms with E-state index in [0.717, 1.165) is 5.56 Å². The summed E-state index contributed by atoms with van der Waals surface area (Å²) in [6.07, 6.45) is 0. The molecule has 7 heteroatoms. The molecule has 19 heavy (non-hydrogen) atoms. The molecule has 0 fully saturated rings. The number of aromatic nitrogens is 2. The van der Waals surface area contributed by atoms with E-state index >= 15 is 0 Å². The van der Waals surface area contributed by atoms with Crippen molar-refractivity contribution < 1.29 is 0 Å². The molecule has 0 aliphatic heterocycles. The van der Waals surface area contributed by atoms with Crippen LogP contribution in [-0.4, -0.2) is 9.55 Å². The second-order valence-corrected chi connectivity index (χ2v) is 4.43. The molecule has 98 valence electrons. The Morgan fingerprint density at radius 3 is 2.58 bits per heavy atom. The Kier molecular flexibility index (Phi) is 3.57. The van der Waals surface area contributed by atoms with Gasteiger partial charge in [-0.3, -0.25) is 14.3 Å². The Bertz CT molecular complexity index is 721.